The summed E-state index contributed by atoms with van der Waals surface area (Å²) in [6.45, 7) is 0. The Morgan fingerprint density at radius 3 is 2.60 bits per heavy atom. The van der Waals surface area contributed by atoms with Crippen molar-refractivity contribution >= 4 is 11.2 Å². The van der Waals surface area contributed by atoms with Crippen LogP contribution in [0.5, 0.6) is 0 Å². The van der Waals surface area contributed by atoms with Crippen molar-refractivity contribution in [2.24, 2.45) is 0 Å². The van der Waals surface area contributed by atoms with Crippen molar-refractivity contribution < 1.29 is 0 Å². The van der Waals surface area contributed by atoms with Gasteiger partial charge < -0.3 is 9.97 Å². The maximum absolute atomic E-state index is 10.9. The van der Waals surface area contributed by atoms with Crippen LogP contribution >= 0.6 is 0 Å². The Morgan fingerprint density at radius 2 is 1.90 bits per heavy atom. The van der Waals surface area contributed by atoms with E-state index in [0.29, 0.717) is 11.2 Å². The molecule has 2 heterocycles. The molecule has 0 radical (unpaired) electrons. The molecule has 0 unspecified atom stereocenters. The van der Waals surface area contributed by atoms with Crippen molar-refractivity contribution in [3.05, 3.63) is 23.0 Å². The van der Waals surface area contributed by atoms with Crippen molar-refractivity contribution in [1.82, 2.24) is 19.9 Å². The molecule has 0 fully saturated rings. The van der Waals surface area contributed by atoms with Gasteiger partial charge in [0.25, 0.3) is 5.56 Å². The fraction of sp³-hybridized carbons (Fsp3) is 0. The average Bonchev–Trinajstić information content (AvgIpc) is 2.36. The van der Waals surface area contributed by atoms with E-state index in [0.717, 1.165) is 0 Å². The van der Waals surface area contributed by atoms with Crippen molar-refractivity contribution in [3.8, 4) is 0 Å². The molecule has 0 aromatic carbocycles. The van der Waals surface area contributed by atoms with Gasteiger partial charge in [-0.1, -0.05) is 0 Å². The average molecular weight is 140 g/mol. The number of nitrogens with zero attached hydrogens (tertiary/aromatic N) is 2. The Kier molecular flexibility index (Phi) is 0.858. The van der Waals surface area contributed by atoms with Crippen LogP contribution in [-0.4, -0.2) is 19.9 Å². The first kappa shape index (κ1) is 5.16. The van der Waals surface area contributed by atoms with E-state index < -0.39 is 0 Å². The van der Waals surface area contributed by atoms with Crippen LogP contribution in [0.25, 0.3) is 11.2 Å². The Balaban J connectivity index is 3.09. The van der Waals surface area contributed by atoms with Crippen LogP contribution in [0, 0.1) is 0 Å². The molecule has 0 aliphatic rings. The predicted octanol–water partition coefficient (Wildman–Crippen LogP) is -0.354. The molecular weight excluding hydrogens is 136 g/mol. The summed E-state index contributed by atoms with van der Waals surface area (Å²) in [5, 5.41) is 0. The van der Waals surface area contributed by atoms with Crippen molar-refractivity contribution in [2.45, 2.75) is 0 Å². The summed E-state index contributed by atoms with van der Waals surface area (Å²) in [6, 6.07) is 0. The number of H-pyrrole nitrogens is 2. The molecule has 0 spiro atoms. The summed E-state index contributed by atoms with van der Waals surface area (Å²) in [5.41, 5.74) is 0.675. The first-order chi connectivity index (χ1) is 4.88. The minimum atomic E-state index is -0.192. The molecule has 2 N–H and O–H groups in total. The van der Waals surface area contributed by atoms with Gasteiger partial charge in [0.05, 0.1) is 12.7 Å². The van der Waals surface area contributed by atoms with Crippen molar-refractivity contribution in [2.75, 3.05) is 0 Å². The van der Waals surface area contributed by atoms with Crippen LogP contribution in [0.1, 0.15) is 0 Å². The molecule has 2 rings (SSSR count). The van der Waals surface area contributed by atoms with Gasteiger partial charge in [-0.25, -0.2) is 9.97 Å². The minimum absolute atomic E-state index is 0.192. The lowest BCUT2D eigenvalue weighted by molar-refractivity contribution is 1.15. The molecule has 0 saturated carbocycles. The third-order valence-electron chi connectivity index (χ3n) is 1.23. The van der Waals surface area contributed by atoms with E-state index in [-0.39, 0.29) is 5.56 Å². The van der Waals surface area contributed by atoms with E-state index in [1.807, 2.05) is 0 Å². The number of imidazole rings is 1. The highest BCUT2D eigenvalue weighted by Crippen LogP contribution is 1.94. The van der Waals surface area contributed by atoms with E-state index in [1.165, 1.54) is 12.7 Å². The van der Waals surface area contributed by atoms with Gasteiger partial charge in [-0.15, -0.1) is 0 Å². The summed E-state index contributed by atoms with van der Waals surface area (Å²) in [4.78, 5) is 23.6. The molecule has 5 heteroatoms. The second kappa shape index (κ2) is 1.66. The lowest BCUT2D eigenvalue weighted by atomic mass is 10.6. The Labute approximate surface area is 55.1 Å². The number of aromatic nitrogens is 4. The molecule has 50 valence electrons. The molecular formula is C5H4N4O. The first-order valence-electron chi connectivity index (χ1n) is 2.75. The number of aromatic amines is 2. The highest BCUT2D eigenvalue weighted by Gasteiger charge is 1.97. The topological polar surface area (TPSA) is 74.4 Å². The minimum Gasteiger partial charge on any atom is -0.339 e. The lowest BCUT2D eigenvalue weighted by Gasteiger charge is -1.81. The number of fused-ring (bicyclic) bond motifs is 1. The lowest BCUT2D eigenvalue weighted by Crippen LogP contribution is -2.05. The zero-order valence-electron chi connectivity index (χ0n) is 4.96. The first-order valence-corrected chi connectivity index (χ1v) is 2.75. The molecule has 0 atom stereocenters. The fourth-order valence-corrected chi connectivity index (χ4v) is 0.776. The number of rotatable bonds is 0. The predicted molar refractivity (Wildman–Crippen MR) is 34.5 cm³/mol. The molecule has 0 saturated heterocycles. The standard InChI is InChI=1S/C5H4N4O/c10-5-3-4(7-1-6-3)8-2-9-5/h1-2H,(H2,6,7,8,9,10)/i6+1,7+1,8+1,9+1. The summed E-state index contributed by atoms with van der Waals surface area (Å²) in [5.74, 6) is 0. The SMILES string of the molecule is O=c1[15nH]c[15n]c2[15n]c[15nH]c12. The smallest absolute Gasteiger partial charge is 0.276 e. The number of hydrogen-bond donors (Lipinski definition) is 2. The normalized spacial score (nSPS) is 10.4. The third kappa shape index (κ3) is 0.540. The highest BCUT2D eigenvalue weighted by molar-refractivity contribution is 5.67. The van der Waals surface area contributed by atoms with Crippen molar-refractivity contribution in [1.29, 1.82) is 0 Å². The van der Waals surface area contributed by atoms with Crippen LogP contribution in [0.4, 0.5) is 0 Å². The maximum atomic E-state index is 10.9. The molecule has 0 aliphatic heterocycles. The zero-order chi connectivity index (χ0) is 6.97. The highest BCUT2D eigenvalue weighted by atomic mass is 16.2. The Hall–Kier alpha value is -1.65. The second-order valence-corrected chi connectivity index (χ2v) is 1.83. The molecule has 10 heavy (non-hydrogen) atoms. The maximum Gasteiger partial charge on any atom is 0.276 e. The number of hydrogen-bond acceptors (Lipinski definition) is 3. The van der Waals surface area contributed by atoms with Crippen LogP contribution in [0.2, 0.25) is 0 Å². The van der Waals surface area contributed by atoms with Gasteiger partial charge >= 0.3 is 0 Å². The summed E-state index contributed by atoms with van der Waals surface area (Å²) >= 11 is 0. The Bertz CT molecular complexity index is 401. The van der Waals surface area contributed by atoms with E-state index in [1.54, 1.807) is 0 Å². The quantitative estimate of drug-likeness (QED) is 0.525. The fourth-order valence-electron chi connectivity index (χ4n) is 0.776. The molecule has 0 bridgehead atoms. The van der Waals surface area contributed by atoms with Gasteiger partial charge in [0.15, 0.2) is 11.2 Å². The van der Waals surface area contributed by atoms with E-state index >= 15 is 0 Å². The Morgan fingerprint density at radius 1 is 1.20 bits per heavy atom. The van der Waals surface area contributed by atoms with Gasteiger partial charge in [-0.3, -0.25) is 4.79 Å². The van der Waals surface area contributed by atoms with Crippen LogP contribution < -0.4 is 5.56 Å². The van der Waals surface area contributed by atoms with Gasteiger partial charge in [-0.05, 0) is 0 Å². The number of nitrogens with one attached hydrogen (secondary N) is 2. The summed E-state index contributed by atoms with van der Waals surface area (Å²) in [6.07, 6.45) is 2.76. The van der Waals surface area contributed by atoms with Gasteiger partial charge in [-0.2, -0.15) is 0 Å². The van der Waals surface area contributed by atoms with Gasteiger partial charge in [0.2, 0.25) is 0 Å². The molecule has 0 amide bonds. The zero-order valence-corrected chi connectivity index (χ0v) is 4.96. The van der Waals surface area contributed by atoms with Crippen LogP contribution in [0.3, 0.4) is 0 Å². The van der Waals surface area contributed by atoms with Gasteiger partial charge in [0, 0.05) is 0 Å². The van der Waals surface area contributed by atoms with Crippen LogP contribution in [0.15, 0.2) is 17.4 Å². The van der Waals surface area contributed by atoms with Gasteiger partial charge in [0.1, 0.15) is 0 Å². The summed E-state index contributed by atoms with van der Waals surface area (Å²) < 4.78 is 0. The molecule has 2 aromatic rings. The van der Waals surface area contributed by atoms with E-state index in [2.05, 4.69) is 19.9 Å². The third-order valence-corrected chi connectivity index (χ3v) is 1.23. The molecule has 0 aliphatic carbocycles. The largest absolute Gasteiger partial charge is 0.339 e. The monoisotopic (exact) mass is 140 g/mol. The molecule has 2 aromatic heterocycles. The summed E-state index contributed by atoms with van der Waals surface area (Å²) in [7, 11) is 0. The van der Waals surface area contributed by atoms with E-state index in [9.17, 15) is 4.79 Å². The van der Waals surface area contributed by atoms with Crippen LogP contribution in [-0.2, 0) is 0 Å². The van der Waals surface area contributed by atoms with E-state index in [4.69, 9.17) is 0 Å². The molecule has 5 nitrogen and oxygen atoms in total. The van der Waals surface area contributed by atoms with Crippen molar-refractivity contribution in [3.63, 3.8) is 0 Å². The second-order valence-electron chi connectivity index (χ2n) is 1.83.